The molecular weight excluding hydrogens is 328 g/mol. The lowest BCUT2D eigenvalue weighted by Crippen LogP contribution is -1.96. The first-order chi connectivity index (χ1) is 6.79. The third-order valence-corrected chi connectivity index (χ3v) is 17.7. The Hall–Kier alpha value is 2.38. The molecule has 0 aromatic heterocycles. The van der Waals surface area contributed by atoms with Gasteiger partial charge in [0.25, 0.3) is 0 Å². The van der Waals surface area contributed by atoms with Crippen molar-refractivity contribution < 1.29 is 0 Å². The van der Waals surface area contributed by atoms with Crippen LogP contribution in [0.2, 0.25) is 0 Å². The van der Waals surface area contributed by atoms with Crippen LogP contribution in [0.15, 0.2) is 0 Å². The molecule has 16 heavy (non-hydrogen) atoms. The molecule has 0 aromatic rings. The highest BCUT2D eigenvalue weighted by Gasteiger charge is 2.21. The number of hydrogen-bond acceptors (Lipinski definition) is 3. The minimum absolute atomic E-state index is 0.0108. The second-order valence-electron chi connectivity index (χ2n) is 5.82. The van der Waals surface area contributed by atoms with Crippen molar-refractivity contribution in [3.8, 4) is 0 Å². The molecule has 0 unspecified atom stereocenters. The zero-order valence-corrected chi connectivity index (χ0v) is 17.2. The van der Waals surface area contributed by atoms with Crippen LogP contribution in [0.1, 0.15) is 0 Å². The fourth-order valence-electron chi connectivity index (χ4n) is 1.58. The van der Waals surface area contributed by atoms with Gasteiger partial charge in [0.15, 0.2) is 0 Å². The Morgan fingerprint density at radius 2 is 0.812 bits per heavy atom. The number of rotatable bonds is 6. The van der Waals surface area contributed by atoms with E-state index in [1.54, 1.807) is 0 Å². The molecule has 0 radical (unpaired) electrons. The molecule has 0 fully saturated rings. The average molecular weight is 352 g/mol. The van der Waals surface area contributed by atoms with Crippen LogP contribution in [0.3, 0.4) is 0 Å². The highest BCUT2D eigenvalue weighted by molar-refractivity contribution is 8.21. The quantitative estimate of drug-likeness (QED) is 0.644. The normalized spacial score (nSPS) is 14.4. The molecule has 0 atom stereocenters. The Balaban J connectivity index is 4.72. The molecule has 0 saturated heterocycles. The van der Waals surface area contributed by atoms with E-state index in [4.69, 9.17) is 35.4 Å². The Kier molecular flexibility index (Phi) is 7.70. The van der Waals surface area contributed by atoms with Gasteiger partial charge in [0, 0.05) is 0 Å². The fraction of sp³-hybridized carbons (Fsp3) is 1.00. The lowest BCUT2D eigenvalue weighted by molar-refractivity contribution is 1.82. The molecule has 98 valence electrons. The summed E-state index contributed by atoms with van der Waals surface area (Å²) in [5.74, 6) is 3.79. The molecule has 0 spiro atoms. The van der Waals surface area contributed by atoms with Crippen LogP contribution in [0.5, 0.6) is 0 Å². The van der Waals surface area contributed by atoms with Crippen LogP contribution in [-0.4, -0.2) is 57.7 Å². The first-order valence-electron chi connectivity index (χ1n) is 5.13. The van der Waals surface area contributed by atoms with E-state index >= 15 is 0 Å². The van der Waals surface area contributed by atoms with Gasteiger partial charge in [-0.2, -0.15) is 0 Å². The van der Waals surface area contributed by atoms with E-state index in [1.807, 2.05) is 0 Å². The lowest BCUT2D eigenvalue weighted by atomic mass is 11.8. The van der Waals surface area contributed by atoms with Gasteiger partial charge in [-0.3, -0.25) is 0 Å². The summed E-state index contributed by atoms with van der Waals surface area (Å²) in [5.41, 5.74) is 0. The minimum Gasteiger partial charge on any atom is -0.0977 e. The van der Waals surface area contributed by atoms with Gasteiger partial charge in [-0.1, -0.05) is 43.3 Å². The van der Waals surface area contributed by atoms with Crippen molar-refractivity contribution in [1.29, 1.82) is 0 Å². The van der Waals surface area contributed by atoms with Crippen molar-refractivity contribution in [2.45, 2.75) is 0 Å². The smallest absolute Gasteiger partial charge is 0.00276 e. The van der Waals surface area contributed by atoms with E-state index in [0.29, 0.717) is 0 Å². The van der Waals surface area contributed by atoms with Crippen LogP contribution in [0.25, 0.3) is 0 Å². The summed E-state index contributed by atoms with van der Waals surface area (Å²) < 4.78 is 0. The molecule has 0 heterocycles. The van der Waals surface area contributed by atoms with E-state index in [1.165, 1.54) is 17.7 Å². The molecule has 0 rings (SSSR count). The Morgan fingerprint density at radius 3 is 0.938 bits per heavy atom. The summed E-state index contributed by atoms with van der Waals surface area (Å²) >= 11 is 16.9. The van der Waals surface area contributed by atoms with Crippen molar-refractivity contribution in [1.82, 2.24) is 0 Å². The van der Waals surface area contributed by atoms with E-state index in [0.717, 1.165) is 0 Å². The molecule has 0 aliphatic carbocycles. The molecule has 0 aliphatic rings. The van der Waals surface area contributed by atoms with Crippen LogP contribution >= 0.6 is 26.0 Å². The second-order valence-corrected chi connectivity index (χ2v) is 28.9. The summed E-state index contributed by atoms with van der Waals surface area (Å²) in [6.07, 6.45) is 0. The SMILES string of the molecule is CP(C)(=S)CP(CP(C)(C)=S)CP(C)(C)=S. The highest BCUT2D eigenvalue weighted by Crippen LogP contribution is 2.64. The van der Waals surface area contributed by atoms with E-state index < -0.39 is 18.1 Å². The van der Waals surface area contributed by atoms with Gasteiger partial charge in [0.05, 0.1) is 0 Å². The Bertz CT molecular complexity index is 302. The molecule has 0 N–H and O–H groups in total. The summed E-state index contributed by atoms with van der Waals surface area (Å²) in [4.78, 5) is 0. The summed E-state index contributed by atoms with van der Waals surface area (Å²) in [5, 5.41) is 0. The second kappa shape index (κ2) is 6.70. The first-order valence-corrected chi connectivity index (χ1v) is 18.7. The van der Waals surface area contributed by atoms with E-state index in [9.17, 15) is 0 Å². The van der Waals surface area contributed by atoms with E-state index in [2.05, 4.69) is 40.0 Å². The Labute approximate surface area is 119 Å². The summed E-state index contributed by atoms with van der Waals surface area (Å²) in [7, 11) is 0.0108. The van der Waals surface area contributed by atoms with Gasteiger partial charge in [-0.15, -0.1) is 0 Å². The third-order valence-electron chi connectivity index (χ3n) is 1.62. The first kappa shape index (κ1) is 18.4. The molecule has 0 bridgehead atoms. The third kappa shape index (κ3) is 12.8. The topological polar surface area (TPSA) is 0 Å². The molecule has 0 saturated carbocycles. The largest absolute Gasteiger partial charge is 0.0977 e. The summed E-state index contributed by atoms with van der Waals surface area (Å²) in [6, 6.07) is -3.27. The van der Waals surface area contributed by atoms with Gasteiger partial charge in [0.2, 0.25) is 0 Å². The van der Waals surface area contributed by atoms with Crippen molar-refractivity contribution in [3.05, 3.63) is 0 Å². The average Bonchev–Trinajstić information content (AvgIpc) is 1.70. The van der Waals surface area contributed by atoms with E-state index in [-0.39, 0.29) is 7.92 Å². The standard InChI is InChI=1S/C9H24P4S3/c1-11(2,14)7-10(8-12(3,4)15)9-13(5,6)16/h7-9H2,1-6H3. The van der Waals surface area contributed by atoms with Crippen molar-refractivity contribution in [2.24, 2.45) is 0 Å². The molecular formula is C9H24P4S3. The molecule has 0 amide bonds. The van der Waals surface area contributed by atoms with Crippen molar-refractivity contribution in [3.63, 3.8) is 0 Å². The highest BCUT2D eigenvalue weighted by atomic mass is 32.5. The predicted molar refractivity (Wildman–Crippen MR) is 99.9 cm³/mol. The van der Waals surface area contributed by atoms with Crippen molar-refractivity contribution >= 4 is 61.5 Å². The van der Waals surface area contributed by atoms with Gasteiger partial charge in [0.1, 0.15) is 0 Å². The van der Waals surface area contributed by atoms with Gasteiger partial charge < -0.3 is 0 Å². The van der Waals surface area contributed by atoms with Crippen molar-refractivity contribution in [2.75, 3.05) is 57.7 Å². The van der Waals surface area contributed by atoms with Gasteiger partial charge >= 0.3 is 0 Å². The molecule has 0 aliphatic heterocycles. The monoisotopic (exact) mass is 352 g/mol. The fourth-order valence-corrected chi connectivity index (χ4v) is 21.0. The maximum atomic E-state index is 5.62. The lowest BCUT2D eigenvalue weighted by Gasteiger charge is -2.27. The maximum Gasteiger partial charge on any atom is -0.00276 e. The molecule has 7 heteroatoms. The van der Waals surface area contributed by atoms with Gasteiger partial charge in [-0.25, -0.2) is 0 Å². The number of hydrogen-bond donors (Lipinski definition) is 0. The molecule has 0 nitrogen and oxygen atoms in total. The minimum atomic E-state index is -1.09. The van der Waals surface area contributed by atoms with Crippen LogP contribution in [-0.2, 0) is 35.4 Å². The Morgan fingerprint density at radius 1 is 0.625 bits per heavy atom. The predicted octanol–water partition coefficient (Wildman–Crippen LogP) is 4.56. The van der Waals surface area contributed by atoms with Crippen LogP contribution in [0, 0.1) is 0 Å². The van der Waals surface area contributed by atoms with Gasteiger partial charge in [-0.05, 0) is 75.8 Å². The molecule has 0 aromatic carbocycles. The van der Waals surface area contributed by atoms with Crippen LogP contribution < -0.4 is 0 Å². The maximum absolute atomic E-state index is 5.62. The van der Waals surface area contributed by atoms with Crippen LogP contribution in [0.4, 0.5) is 0 Å². The zero-order chi connectivity index (χ0) is 13.2. The summed E-state index contributed by atoms with van der Waals surface area (Å²) in [6.45, 7) is 13.6. The zero-order valence-electron chi connectivity index (χ0n) is 11.1.